The zero-order valence-corrected chi connectivity index (χ0v) is 14.2. The molecule has 8 heteroatoms. The Kier molecular flexibility index (Phi) is 5.25. The van der Waals surface area contributed by atoms with E-state index in [0.717, 1.165) is 37.1 Å². The smallest absolute Gasteiger partial charge is 0.416 e. The highest BCUT2D eigenvalue weighted by Gasteiger charge is 2.31. The van der Waals surface area contributed by atoms with Crippen molar-refractivity contribution in [3.63, 3.8) is 0 Å². The SMILES string of the molecule is O=C(O)c1ccc(OCC2CCCN2c2ccc(C(F)(F)F)cc2)cc1F. The van der Waals surface area contributed by atoms with Gasteiger partial charge < -0.3 is 14.7 Å². The van der Waals surface area contributed by atoms with E-state index in [2.05, 4.69) is 0 Å². The second-order valence-corrected chi connectivity index (χ2v) is 6.29. The van der Waals surface area contributed by atoms with Gasteiger partial charge in [0, 0.05) is 18.3 Å². The molecule has 1 N–H and O–H groups in total. The van der Waals surface area contributed by atoms with E-state index in [1.807, 2.05) is 4.90 Å². The van der Waals surface area contributed by atoms with Crippen LogP contribution in [0.1, 0.15) is 28.8 Å². The minimum atomic E-state index is -4.38. The predicted octanol–water partition coefficient (Wildman–Crippen LogP) is 4.59. The maximum atomic E-state index is 13.7. The van der Waals surface area contributed by atoms with Crippen molar-refractivity contribution in [2.75, 3.05) is 18.1 Å². The van der Waals surface area contributed by atoms with E-state index >= 15 is 0 Å². The number of hydrogen-bond acceptors (Lipinski definition) is 3. The Morgan fingerprint density at radius 1 is 1.19 bits per heavy atom. The molecule has 0 aromatic heterocycles. The van der Waals surface area contributed by atoms with Crippen molar-refractivity contribution < 1.29 is 32.2 Å². The number of carbonyl (C=O) groups is 1. The van der Waals surface area contributed by atoms with Gasteiger partial charge in [-0.05, 0) is 49.2 Å². The van der Waals surface area contributed by atoms with Crippen LogP contribution < -0.4 is 9.64 Å². The van der Waals surface area contributed by atoms with Gasteiger partial charge in [0.15, 0.2) is 0 Å². The number of carboxylic acid groups (broad SMARTS) is 1. The number of ether oxygens (including phenoxy) is 1. The van der Waals surface area contributed by atoms with Crippen LogP contribution in [0.5, 0.6) is 5.75 Å². The zero-order chi connectivity index (χ0) is 19.6. The van der Waals surface area contributed by atoms with E-state index in [-0.39, 0.29) is 18.4 Å². The molecule has 1 unspecified atom stereocenters. The van der Waals surface area contributed by atoms with Crippen molar-refractivity contribution in [2.45, 2.75) is 25.1 Å². The van der Waals surface area contributed by atoms with Gasteiger partial charge in [-0.1, -0.05) is 0 Å². The average Bonchev–Trinajstić information content (AvgIpc) is 3.07. The molecule has 1 aliphatic heterocycles. The lowest BCUT2D eigenvalue weighted by molar-refractivity contribution is -0.137. The van der Waals surface area contributed by atoms with Crippen LogP contribution in [0, 0.1) is 5.82 Å². The first-order valence-corrected chi connectivity index (χ1v) is 8.35. The summed E-state index contributed by atoms with van der Waals surface area (Å²) in [7, 11) is 0. The molecule has 1 atom stereocenters. The van der Waals surface area contributed by atoms with E-state index in [1.165, 1.54) is 18.2 Å². The number of rotatable bonds is 5. The second kappa shape index (κ2) is 7.46. The largest absolute Gasteiger partial charge is 0.491 e. The first kappa shape index (κ1) is 19.0. The number of hydrogen-bond donors (Lipinski definition) is 1. The average molecular weight is 383 g/mol. The summed E-state index contributed by atoms with van der Waals surface area (Å²) in [6.07, 6.45) is -2.73. The van der Waals surface area contributed by atoms with Gasteiger partial charge in [0.2, 0.25) is 0 Å². The van der Waals surface area contributed by atoms with Crippen LogP contribution in [-0.4, -0.2) is 30.3 Å². The number of nitrogens with zero attached hydrogens (tertiary/aromatic N) is 1. The summed E-state index contributed by atoms with van der Waals surface area (Å²) in [5, 5.41) is 8.83. The first-order valence-electron chi connectivity index (χ1n) is 8.35. The molecule has 1 heterocycles. The normalized spacial score (nSPS) is 17.2. The fraction of sp³-hybridized carbons (Fsp3) is 0.316. The number of benzene rings is 2. The second-order valence-electron chi connectivity index (χ2n) is 6.29. The van der Waals surface area contributed by atoms with Gasteiger partial charge in [-0.25, -0.2) is 9.18 Å². The van der Waals surface area contributed by atoms with Crippen molar-refractivity contribution in [3.05, 3.63) is 59.4 Å². The van der Waals surface area contributed by atoms with Crippen LogP contribution in [0.4, 0.5) is 23.2 Å². The summed E-state index contributed by atoms with van der Waals surface area (Å²) in [4.78, 5) is 12.8. The minimum absolute atomic E-state index is 0.0658. The number of anilines is 1. The maximum absolute atomic E-state index is 13.7. The highest BCUT2D eigenvalue weighted by atomic mass is 19.4. The van der Waals surface area contributed by atoms with Gasteiger partial charge >= 0.3 is 12.1 Å². The van der Waals surface area contributed by atoms with Gasteiger partial charge in [0.25, 0.3) is 0 Å². The Balaban J connectivity index is 1.67. The standard InChI is InChI=1S/C19H17F4NO3/c20-17-10-15(7-8-16(17)18(25)26)27-11-14-2-1-9-24(14)13-5-3-12(4-6-13)19(21,22)23/h3-8,10,14H,1-2,9,11H2,(H,25,26). The summed E-state index contributed by atoms with van der Waals surface area (Å²) in [5.74, 6) is -2.04. The molecule has 144 valence electrons. The van der Waals surface area contributed by atoms with Crippen LogP contribution in [0.25, 0.3) is 0 Å². The number of halogens is 4. The molecule has 0 spiro atoms. The fourth-order valence-electron chi connectivity index (χ4n) is 3.14. The van der Waals surface area contributed by atoms with Crippen molar-refractivity contribution in [1.29, 1.82) is 0 Å². The molecule has 0 radical (unpaired) electrons. The molecule has 1 fully saturated rings. The fourth-order valence-corrected chi connectivity index (χ4v) is 3.14. The lowest BCUT2D eigenvalue weighted by atomic mass is 10.1. The molecule has 0 saturated carbocycles. The molecule has 0 amide bonds. The van der Waals surface area contributed by atoms with Crippen molar-refractivity contribution in [2.24, 2.45) is 0 Å². The summed E-state index contributed by atoms with van der Waals surface area (Å²) in [5.41, 5.74) is -0.469. The van der Waals surface area contributed by atoms with Crippen molar-refractivity contribution >= 4 is 11.7 Å². The molecular formula is C19H17F4NO3. The van der Waals surface area contributed by atoms with Crippen LogP contribution in [0.3, 0.4) is 0 Å². The Hall–Kier alpha value is -2.77. The Bertz CT molecular complexity index is 821. The van der Waals surface area contributed by atoms with Gasteiger partial charge in [0.1, 0.15) is 18.2 Å². The van der Waals surface area contributed by atoms with E-state index in [9.17, 15) is 22.4 Å². The monoisotopic (exact) mass is 383 g/mol. The molecule has 27 heavy (non-hydrogen) atoms. The molecule has 2 aromatic carbocycles. The Morgan fingerprint density at radius 3 is 2.48 bits per heavy atom. The Labute approximate surface area is 153 Å². The topological polar surface area (TPSA) is 49.8 Å². The van der Waals surface area contributed by atoms with Crippen LogP contribution in [0.15, 0.2) is 42.5 Å². The van der Waals surface area contributed by atoms with Gasteiger partial charge in [0.05, 0.1) is 17.2 Å². The molecule has 0 aliphatic carbocycles. The summed E-state index contributed by atoms with van der Waals surface area (Å²) in [6, 6.07) is 8.42. The minimum Gasteiger partial charge on any atom is -0.491 e. The number of carboxylic acids is 1. The molecule has 1 aliphatic rings. The first-order chi connectivity index (χ1) is 12.8. The Morgan fingerprint density at radius 2 is 1.89 bits per heavy atom. The van der Waals surface area contributed by atoms with Crippen LogP contribution >= 0.6 is 0 Å². The highest BCUT2D eigenvalue weighted by molar-refractivity contribution is 5.88. The number of aromatic carboxylic acids is 1. The molecular weight excluding hydrogens is 366 g/mol. The molecule has 1 saturated heterocycles. The lowest BCUT2D eigenvalue weighted by Crippen LogP contribution is -2.34. The van der Waals surface area contributed by atoms with E-state index in [4.69, 9.17) is 9.84 Å². The quantitative estimate of drug-likeness (QED) is 0.768. The predicted molar refractivity (Wildman–Crippen MR) is 90.7 cm³/mol. The zero-order valence-electron chi connectivity index (χ0n) is 14.2. The summed E-state index contributed by atoms with van der Waals surface area (Å²) >= 11 is 0. The van der Waals surface area contributed by atoms with Crippen molar-refractivity contribution in [3.8, 4) is 5.75 Å². The third kappa shape index (κ3) is 4.32. The van der Waals surface area contributed by atoms with E-state index in [1.54, 1.807) is 0 Å². The highest BCUT2D eigenvalue weighted by Crippen LogP contribution is 2.32. The van der Waals surface area contributed by atoms with Gasteiger partial charge in [-0.3, -0.25) is 0 Å². The van der Waals surface area contributed by atoms with Crippen LogP contribution in [0.2, 0.25) is 0 Å². The van der Waals surface area contributed by atoms with E-state index < -0.39 is 29.1 Å². The third-order valence-corrected chi connectivity index (χ3v) is 4.52. The third-order valence-electron chi connectivity index (χ3n) is 4.52. The summed E-state index contributed by atoms with van der Waals surface area (Å²) < 4.78 is 57.4. The molecule has 4 nitrogen and oxygen atoms in total. The number of alkyl halides is 3. The maximum Gasteiger partial charge on any atom is 0.416 e. The lowest BCUT2D eigenvalue weighted by Gasteiger charge is -2.27. The van der Waals surface area contributed by atoms with Gasteiger partial charge in [-0.15, -0.1) is 0 Å². The van der Waals surface area contributed by atoms with Crippen molar-refractivity contribution in [1.82, 2.24) is 0 Å². The van der Waals surface area contributed by atoms with E-state index in [0.29, 0.717) is 12.2 Å². The molecule has 3 rings (SSSR count). The van der Waals surface area contributed by atoms with Crippen LogP contribution in [-0.2, 0) is 6.18 Å². The molecule has 0 bridgehead atoms. The van der Waals surface area contributed by atoms with Gasteiger partial charge in [-0.2, -0.15) is 13.2 Å². The molecule has 2 aromatic rings. The summed E-state index contributed by atoms with van der Waals surface area (Å²) in [6.45, 7) is 0.901.